The van der Waals surface area contributed by atoms with Gasteiger partial charge in [0, 0.05) is 0 Å². The van der Waals surface area contributed by atoms with Crippen molar-refractivity contribution in [2.75, 3.05) is 13.2 Å². The van der Waals surface area contributed by atoms with Crippen molar-refractivity contribution in [3.63, 3.8) is 0 Å². The smallest absolute Gasteiger partial charge is 0.249 e. The second-order valence-electron chi connectivity index (χ2n) is 16.5. The molecule has 1 aliphatic rings. The molecule has 9 unspecified atom stereocenters. The van der Waals surface area contributed by atoms with Gasteiger partial charge in [-0.25, -0.2) is 0 Å². The van der Waals surface area contributed by atoms with Crippen molar-refractivity contribution in [3.05, 3.63) is 24.3 Å². The summed E-state index contributed by atoms with van der Waals surface area (Å²) in [5.74, 6) is -0.710. The van der Waals surface area contributed by atoms with E-state index in [1.54, 1.807) is 0 Å². The maximum atomic E-state index is 13.1. The minimum absolute atomic E-state index is 0.247. The van der Waals surface area contributed by atoms with E-state index in [2.05, 4.69) is 43.5 Å². The van der Waals surface area contributed by atoms with E-state index in [0.717, 1.165) is 38.5 Å². The highest BCUT2D eigenvalue weighted by molar-refractivity contribution is 5.80. The molecular weight excluding hydrogens is 727 g/mol. The van der Waals surface area contributed by atoms with Gasteiger partial charge >= 0.3 is 0 Å². The van der Waals surface area contributed by atoms with Crippen LogP contribution < -0.4 is 5.32 Å². The van der Waals surface area contributed by atoms with E-state index in [1.165, 1.54) is 109 Å². The Bertz CT molecular complexity index is 981. The fourth-order valence-corrected chi connectivity index (χ4v) is 7.32. The molecule has 11 nitrogen and oxygen atoms in total. The maximum Gasteiger partial charge on any atom is 0.249 e. The summed E-state index contributed by atoms with van der Waals surface area (Å²) in [6, 6.07) is -1.19. The van der Waals surface area contributed by atoms with E-state index in [4.69, 9.17) is 9.47 Å². The van der Waals surface area contributed by atoms with Crippen molar-refractivity contribution < 1.29 is 50.0 Å². The molecule has 1 aliphatic heterocycles. The Balaban J connectivity index is 2.42. The second-order valence-corrected chi connectivity index (χ2v) is 16.5. The first-order chi connectivity index (χ1) is 27.7. The molecular formula is C46H87NO10. The van der Waals surface area contributed by atoms with E-state index in [0.29, 0.717) is 19.3 Å². The summed E-state index contributed by atoms with van der Waals surface area (Å²) in [7, 11) is 0. The van der Waals surface area contributed by atoms with Crippen molar-refractivity contribution >= 4 is 5.91 Å². The number of ether oxygens (including phenoxy) is 2. The van der Waals surface area contributed by atoms with Gasteiger partial charge in [0.25, 0.3) is 0 Å². The molecule has 336 valence electrons. The molecule has 9 atom stereocenters. The molecule has 1 saturated heterocycles. The predicted octanol–water partition coefficient (Wildman–Crippen LogP) is 7.45. The van der Waals surface area contributed by atoms with Crippen molar-refractivity contribution in [2.24, 2.45) is 0 Å². The van der Waals surface area contributed by atoms with Gasteiger partial charge in [0.1, 0.15) is 36.6 Å². The van der Waals surface area contributed by atoms with Crippen LogP contribution in [-0.4, -0.2) is 110 Å². The van der Waals surface area contributed by atoms with Gasteiger partial charge in [0.2, 0.25) is 5.91 Å². The van der Waals surface area contributed by atoms with Crippen LogP contribution in [0.2, 0.25) is 0 Å². The summed E-state index contributed by atoms with van der Waals surface area (Å²) in [4.78, 5) is 13.1. The van der Waals surface area contributed by atoms with Gasteiger partial charge in [-0.3, -0.25) is 4.79 Å². The van der Waals surface area contributed by atoms with Gasteiger partial charge in [0.05, 0.1) is 25.4 Å². The topological polar surface area (TPSA) is 189 Å². The van der Waals surface area contributed by atoms with Crippen LogP contribution in [0.25, 0.3) is 0 Å². The number of hydrogen-bond donors (Lipinski definition) is 8. The Morgan fingerprint density at radius 2 is 1.05 bits per heavy atom. The van der Waals surface area contributed by atoms with Crippen LogP contribution in [0, 0.1) is 0 Å². The number of aliphatic hydroxyl groups is 7. The van der Waals surface area contributed by atoms with Gasteiger partial charge < -0.3 is 50.5 Å². The number of amides is 1. The molecule has 1 rings (SSSR count). The lowest BCUT2D eigenvalue weighted by Crippen LogP contribution is -2.60. The zero-order chi connectivity index (χ0) is 41.9. The third-order valence-corrected chi connectivity index (χ3v) is 11.2. The van der Waals surface area contributed by atoms with Crippen molar-refractivity contribution in [2.45, 2.75) is 249 Å². The molecule has 57 heavy (non-hydrogen) atoms. The monoisotopic (exact) mass is 814 g/mol. The number of nitrogens with one attached hydrogen (secondary N) is 1. The van der Waals surface area contributed by atoms with Crippen molar-refractivity contribution in [3.8, 4) is 0 Å². The van der Waals surface area contributed by atoms with Crippen molar-refractivity contribution in [1.82, 2.24) is 5.32 Å². The summed E-state index contributed by atoms with van der Waals surface area (Å²) < 4.78 is 11.1. The van der Waals surface area contributed by atoms with E-state index in [1.807, 2.05) is 0 Å². The highest BCUT2D eigenvalue weighted by Gasteiger charge is 2.44. The van der Waals surface area contributed by atoms with E-state index in [-0.39, 0.29) is 12.8 Å². The zero-order valence-corrected chi connectivity index (χ0v) is 36.1. The van der Waals surface area contributed by atoms with E-state index >= 15 is 0 Å². The normalized spacial score (nSPS) is 22.3. The second kappa shape index (κ2) is 36.4. The first-order valence-corrected chi connectivity index (χ1v) is 23.2. The molecule has 0 aromatic rings. The average molecular weight is 814 g/mol. The van der Waals surface area contributed by atoms with Gasteiger partial charge in [-0.05, 0) is 44.9 Å². The maximum absolute atomic E-state index is 13.1. The van der Waals surface area contributed by atoms with Gasteiger partial charge in [-0.15, -0.1) is 0 Å². The largest absolute Gasteiger partial charge is 0.394 e. The first-order valence-electron chi connectivity index (χ1n) is 23.2. The Hall–Kier alpha value is -1.41. The number of aliphatic hydroxyl groups excluding tert-OH is 7. The molecule has 0 bridgehead atoms. The zero-order valence-electron chi connectivity index (χ0n) is 36.1. The highest BCUT2D eigenvalue weighted by Crippen LogP contribution is 2.23. The number of rotatable bonds is 38. The molecule has 0 spiro atoms. The van der Waals surface area contributed by atoms with Gasteiger partial charge in [-0.1, -0.05) is 173 Å². The SMILES string of the molecule is CCCC/C=C/CC/C=C/CCCC(O)C(O)C(COC1OC(CO)C(O)C(O)C1O)NC(=O)C(O)CCCCCCCCCCCCCCCCCCCCC. The number of allylic oxidation sites excluding steroid dienone is 4. The van der Waals surface area contributed by atoms with Crippen LogP contribution >= 0.6 is 0 Å². The molecule has 0 aromatic carbocycles. The Labute approximate surface area is 346 Å². The fourth-order valence-electron chi connectivity index (χ4n) is 7.32. The minimum atomic E-state index is -1.67. The lowest BCUT2D eigenvalue weighted by molar-refractivity contribution is -0.303. The summed E-state index contributed by atoms with van der Waals surface area (Å²) in [5.41, 5.74) is 0. The van der Waals surface area contributed by atoms with Crippen LogP contribution in [-0.2, 0) is 14.3 Å². The van der Waals surface area contributed by atoms with Crippen LogP contribution in [0.1, 0.15) is 194 Å². The van der Waals surface area contributed by atoms with Crippen molar-refractivity contribution in [1.29, 1.82) is 0 Å². The predicted molar refractivity (Wildman–Crippen MR) is 229 cm³/mol. The summed E-state index contributed by atoms with van der Waals surface area (Å²) in [6.07, 6.45) is 28.1. The molecule has 8 N–H and O–H groups in total. The third-order valence-electron chi connectivity index (χ3n) is 11.2. The van der Waals surface area contributed by atoms with Crippen LogP contribution in [0.5, 0.6) is 0 Å². The molecule has 0 radical (unpaired) electrons. The highest BCUT2D eigenvalue weighted by atomic mass is 16.7. The summed E-state index contributed by atoms with van der Waals surface area (Å²) >= 11 is 0. The third kappa shape index (κ3) is 26.4. The van der Waals surface area contributed by atoms with Crippen LogP contribution in [0.4, 0.5) is 0 Å². The van der Waals surface area contributed by atoms with Gasteiger partial charge in [0.15, 0.2) is 6.29 Å². The number of carbonyl (C=O) groups is 1. The first kappa shape index (κ1) is 53.6. The van der Waals surface area contributed by atoms with Crippen LogP contribution in [0.15, 0.2) is 24.3 Å². The Kier molecular flexibility index (Phi) is 34.3. The van der Waals surface area contributed by atoms with E-state index in [9.17, 15) is 40.5 Å². The molecule has 1 heterocycles. The Morgan fingerprint density at radius 1 is 0.596 bits per heavy atom. The lowest BCUT2D eigenvalue weighted by atomic mass is 9.98. The molecule has 0 aliphatic carbocycles. The number of hydrogen-bond acceptors (Lipinski definition) is 10. The standard InChI is InChI=1S/C46H87NO10/c1-3-5-7-9-11-13-15-16-17-18-19-20-21-22-24-26-28-30-32-34-39(50)45(55)47-37(36-56-46-44(54)43(53)42(52)40(35-48)57-46)41(51)38(49)33-31-29-27-25-23-14-12-10-8-6-4-2/h10,12,25,27,37-44,46,48-54H,3-9,11,13-24,26,28-36H2,1-2H3,(H,47,55)/b12-10+,27-25+. The number of carbonyl (C=O) groups excluding carboxylic acids is 1. The van der Waals surface area contributed by atoms with Crippen LogP contribution in [0.3, 0.4) is 0 Å². The molecule has 0 aromatic heterocycles. The molecule has 1 amide bonds. The molecule has 0 saturated carbocycles. The summed E-state index contributed by atoms with van der Waals surface area (Å²) in [5, 5.41) is 75.5. The fraction of sp³-hybridized carbons (Fsp3) is 0.891. The van der Waals surface area contributed by atoms with E-state index < -0.39 is 74.2 Å². The molecule has 1 fully saturated rings. The Morgan fingerprint density at radius 3 is 1.54 bits per heavy atom. The minimum Gasteiger partial charge on any atom is -0.394 e. The lowest BCUT2D eigenvalue weighted by Gasteiger charge is -2.40. The average Bonchev–Trinajstić information content (AvgIpc) is 3.21. The summed E-state index contributed by atoms with van der Waals surface area (Å²) in [6.45, 7) is 3.36. The van der Waals surface area contributed by atoms with Gasteiger partial charge in [-0.2, -0.15) is 0 Å². The quantitative estimate of drug-likeness (QED) is 0.0230. The number of unbranched alkanes of at least 4 members (excludes halogenated alkanes) is 22. The molecule has 11 heteroatoms.